The number of likely N-dealkylation sites (N-methyl/N-ethyl adjacent to an activating group) is 1. The second kappa shape index (κ2) is 13.5. The highest BCUT2D eigenvalue weighted by Crippen LogP contribution is 2.20. The molecule has 0 spiro atoms. The van der Waals surface area contributed by atoms with Crippen molar-refractivity contribution in [2.45, 2.75) is 40.3 Å². The largest absolute Gasteiger partial charge is 0.491 e. The number of piperazine rings is 1. The van der Waals surface area contributed by atoms with E-state index in [0.29, 0.717) is 32.4 Å². The highest BCUT2D eigenvalue weighted by Gasteiger charge is 2.20. The molecule has 2 N–H and O–H groups in total. The van der Waals surface area contributed by atoms with Crippen LogP contribution in [0.2, 0.25) is 0 Å². The molecule has 1 saturated heterocycles. The molecule has 1 aliphatic rings. The Morgan fingerprint density at radius 2 is 1.90 bits per heavy atom. The summed E-state index contributed by atoms with van der Waals surface area (Å²) in [7, 11) is 1.81. The van der Waals surface area contributed by atoms with Gasteiger partial charge in [0.1, 0.15) is 12.4 Å². The van der Waals surface area contributed by atoms with E-state index in [1.807, 2.05) is 14.0 Å². The van der Waals surface area contributed by atoms with Crippen molar-refractivity contribution < 1.29 is 9.47 Å². The van der Waals surface area contributed by atoms with Crippen LogP contribution in [0.5, 0.6) is 5.75 Å². The van der Waals surface area contributed by atoms with Crippen molar-refractivity contribution in [2.24, 2.45) is 4.99 Å². The monoisotopic (exact) mass is 419 g/mol. The Morgan fingerprint density at radius 3 is 2.57 bits per heavy atom. The molecule has 0 aromatic heterocycles. The van der Waals surface area contributed by atoms with Crippen LogP contribution in [0.15, 0.2) is 23.2 Å². The second-order valence-electron chi connectivity index (χ2n) is 7.78. The number of hydrogen-bond donors (Lipinski definition) is 2. The first kappa shape index (κ1) is 24.4. The van der Waals surface area contributed by atoms with Crippen LogP contribution in [-0.2, 0) is 11.3 Å². The number of hydrogen-bond acceptors (Lipinski definition) is 5. The number of nitrogens with zero attached hydrogens (tertiary/aromatic N) is 3. The molecule has 2 rings (SSSR count). The van der Waals surface area contributed by atoms with E-state index in [-0.39, 0.29) is 0 Å². The topological polar surface area (TPSA) is 61.4 Å². The molecular formula is C23H41N5O2. The minimum Gasteiger partial charge on any atom is -0.491 e. The number of guanidine groups is 1. The van der Waals surface area contributed by atoms with Crippen molar-refractivity contribution in [3.8, 4) is 5.75 Å². The molecule has 0 radical (unpaired) electrons. The molecule has 0 bridgehead atoms. The van der Waals surface area contributed by atoms with Gasteiger partial charge in [-0.1, -0.05) is 19.1 Å². The fourth-order valence-electron chi connectivity index (χ4n) is 3.59. The maximum atomic E-state index is 5.95. The predicted octanol–water partition coefficient (Wildman–Crippen LogP) is 2.10. The minimum absolute atomic E-state index is 0.472. The zero-order valence-electron chi connectivity index (χ0n) is 19.5. The maximum Gasteiger partial charge on any atom is 0.191 e. The van der Waals surface area contributed by atoms with Crippen molar-refractivity contribution >= 4 is 5.96 Å². The molecular weight excluding hydrogens is 378 g/mol. The smallest absolute Gasteiger partial charge is 0.191 e. The molecule has 1 atom stereocenters. The number of nitrogens with one attached hydrogen (secondary N) is 2. The Labute approximate surface area is 182 Å². The van der Waals surface area contributed by atoms with Crippen LogP contribution in [-0.4, -0.2) is 87.9 Å². The molecule has 170 valence electrons. The summed E-state index contributed by atoms with van der Waals surface area (Å²) in [6.07, 6.45) is 0. The van der Waals surface area contributed by atoms with Crippen LogP contribution < -0.4 is 15.4 Å². The zero-order chi connectivity index (χ0) is 21.8. The van der Waals surface area contributed by atoms with Crippen LogP contribution in [0.25, 0.3) is 0 Å². The lowest BCUT2D eigenvalue weighted by atomic mass is 10.1. The lowest BCUT2D eigenvalue weighted by Crippen LogP contribution is -2.53. The van der Waals surface area contributed by atoms with E-state index in [9.17, 15) is 0 Å². The SMILES string of the molecule is CCOCCOc1cc(C)ccc1CNC(=NC)NCC(C)N1CCN(CC)CC1. The third-order valence-electron chi connectivity index (χ3n) is 5.62. The van der Waals surface area contributed by atoms with Gasteiger partial charge in [0, 0.05) is 64.5 Å². The fourth-order valence-corrected chi connectivity index (χ4v) is 3.59. The van der Waals surface area contributed by atoms with Crippen molar-refractivity contribution in [2.75, 3.05) is 66.1 Å². The van der Waals surface area contributed by atoms with E-state index in [2.05, 4.69) is 64.4 Å². The molecule has 1 unspecified atom stereocenters. The van der Waals surface area contributed by atoms with Crippen LogP contribution in [0.4, 0.5) is 0 Å². The van der Waals surface area contributed by atoms with E-state index in [1.165, 1.54) is 5.56 Å². The Morgan fingerprint density at radius 1 is 1.13 bits per heavy atom. The highest BCUT2D eigenvalue weighted by molar-refractivity contribution is 5.79. The molecule has 1 heterocycles. The molecule has 0 amide bonds. The third-order valence-corrected chi connectivity index (χ3v) is 5.62. The summed E-state index contributed by atoms with van der Waals surface area (Å²) in [5, 5.41) is 6.90. The van der Waals surface area contributed by atoms with Gasteiger partial charge in [0.15, 0.2) is 5.96 Å². The molecule has 7 nitrogen and oxygen atoms in total. The minimum atomic E-state index is 0.472. The first-order valence-electron chi connectivity index (χ1n) is 11.3. The highest BCUT2D eigenvalue weighted by atomic mass is 16.5. The number of aryl methyl sites for hydroxylation is 1. The summed E-state index contributed by atoms with van der Waals surface area (Å²) in [6.45, 7) is 17.7. The van der Waals surface area contributed by atoms with Crippen molar-refractivity contribution in [3.05, 3.63) is 29.3 Å². The number of aliphatic imine (C=N–C) groups is 1. The van der Waals surface area contributed by atoms with Crippen LogP contribution in [0.1, 0.15) is 31.9 Å². The zero-order valence-corrected chi connectivity index (χ0v) is 19.5. The van der Waals surface area contributed by atoms with Crippen LogP contribution >= 0.6 is 0 Å². The van der Waals surface area contributed by atoms with E-state index in [0.717, 1.165) is 56.5 Å². The molecule has 30 heavy (non-hydrogen) atoms. The van der Waals surface area contributed by atoms with Crippen molar-refractivity contribution in [3.63, 3.8) is 0 Å². The first-order valence-corrected chi connectivity index (χ1v) is 11.3. The van der Waals surface area contributed by atoms with E-state index in [1.54, 1.807) is 0 Å². The summed E-state index contributed by atoms with van der Waals surface area (Å²) in [6, 6.07) is 6.78. The summed E-state index contributed by atoms with van der Waals surface area (Å²) >= 11 is 0. The van der Waals surface area contributed by atoms with Crippen molar-refractivity contribution in [1.82, 2.24) is 20.4 Å². The summed E-state index contributed by atoms with van der Waals surface area (Å²) < 4.78 is 11.3. The number of ether oxygens (including phenoxy) is 2. The average molecular weight is 420 g/mol. The lowest BCUT2D eigenvalue weighted by Gasteiger charge is -2.37. The molecule has 1 fully saturated rings. The Balaban J connectivity index is 1.81. The normalized spacial score (nSPS) is 17.0. The quantitative estimate of drug-likeness (QED) is 0.325. The summed E-state index contributed by atoms with van der Waals surface area (Å²) in [5.41, 5.74) is 2.30. The molecule has 0 saturated carbocycles. The Hall–Kier alpha value is -1.83. The Bertz CT molecular complexity index is 644. The van der Waals surface area contributed by atoms with Gasteiger partial charge >= 0.3 is 0 Å². The average Bonchev–Trinajstić information content (AvgIpc) is 2.77. The van der Waals surface area contributed by atoms with Gasteiger partial charge in [-0.15, -0.1) is 0 Å². The standard InChI is InChI=1S/C23H41N5O2/c1-6-27-10-12-28(13-11-27)20(4)17-25-23(24-5)26-18-21-9-8-19(3)16-22(21)30-15-14-29-7-2/h8-9,16,20H,6-7,10-15,17-18H2,1-5H3,(H2,24,25,26). The van der Waals surface area contributed by atoms with Crippen LogP contribution in [0, 0.1) is 6.92 Å². The van der Waals surface area contributed by atoms with Gasteiger partial charge in [-0.2, -0.15) is 0 Å². The Kier molecular flexibility index (Phi) is 11.0. The van der Waals surface area contributed by atoms with E-state index in [4.69, 9.17) is 9.47 Å². The fraction of sp³-hybridized carbons (Fsp3) is 0.696. The molecule has 0 aliphatic carbocycles. The van der Waals surface area contributed by atoms with Gasteiger partial charge in [0.2, 0.25) is 0 Å². The summed E-state index contributed by atoms with van der Waals surface area (Å²) in [5.74, 6) is 1.72. The van der Waals surface area contributed by atoms with Gasteiger partial charge in [-0.05, 0) is 38.9 Å². The second-order valence-corrected chi connectivity index (χ2v) is 7.78. The van der Waals surface area contributed by atoms with E-state index < -0.39 is 0 Å². The van der Waals surface area contributed by atoms with Crippen LogP contribution in [0.3, 0.4) is 0 Å². The third kappa shape index (κ3) is 8.13. The summed E-state index contributed by atoms with van der Waals surface area (Å²) in [4.78, 5) is 9.45. The van der Waals surface area contributed by atoms with Gasteiger partial charge in [0.05, 0.1) is 6.61 Å². The lowest BCUT2D eigenvalue weighted by molar-refractivity contribution is 0.107. The van der Waals surface area contributed by atoms with Gasteiger partial charge in [0.25, 0.3) is 0 Å². The van der Waals surface area contributed by atoms with Gasteiger partial charge in [-0.3, -0.25) is 9.89 Å². The maximum absolute atomic E-state index is 5.95. The molecule has 1 aromatic carbocycles. The predicted molar refractivity (Wildman–Crippen MR) is 125 cm³/mol. The van der Waals surface area contributed by atoms with Gasteiger partial charge < -0.3 is 25.0 Å². The number of rotatable bonds is 11. The van der Waals surface area contributed by atoms with Gasteiger partial charge in [-0.25, -0.2) is 0 Å². The molecule has 7 heteroatoms. The molecule has 1 aromatic rings. The molecule has 1 aliphatic heterocycles. The van der Waals surface area contributed by atoms with Crippen molar-refractivity contribution in [1.29, 1.82) is 0 Å². The number of benzene rings is 1. The first-order chi connectivity index (χ1) is 14.6. The van der Waals surface area contributed by atoms with E-state index >= 15 is 0 Å².